The van der Waals surface area contributed by atoms with Gasteiger partial charge in [0.2, 0.25) is 18.1 Å². The highest BCUT2D eigenvalue weighted by Gasteiger charge is 2.34. The Morgan fingerprint density at radius 1 is 0.865 bits per heavy atom. The van der Waals surface area contributed by atoms with Gasteiger partial charge in [0.05, 0.1) is 50.7 Å². The van der Waals surface area contributed by atoms with Crippen molar-refractivity contribution >= 4 is 41.3 Å². The highest BCUT2D eigenvalue weighted by molar-refractivity contribution is 6.12. The van der Waals surface area contributed by atoms with Gasteiger partial charge in [0.25, 0.3) is 11.8 Å². The van der Waals surface area contributed by atoms with Gasteiger partial charge in [-0.3, -0.25) is 28.9 Å². The van der Waals surface area contributed by atoms with Gasteiger partial charge in [-0.2, -0.15) is 0 Å². The summed E-state index contributed by atoms with van der Waals surface area (Å²) in [5.41, 5.74) is 0.805. The molecule has 16 heteroatoms. The summed E-state index contributed by atoms with van der Waals surface area (Å²) in [6.45, 7) is 0.857. The molecule has 1 saturated heterocycles. The van der Waals surface area contributed by atoms with E-state index in [4.69, 9.17) is 23.7 Å². The molecule has 4 amide bonds. The third-order valence-electron chi connectivity index (χ3n) is 8.82. The number of carbonyl (C=O) groups excluding carboxylic acids is 5. The summed E-state index contributed by atoms with van der Waals surface area (Å²) in [7, 11) is 0. The van der Waals surface area contributed by atoms with E-state index in [2.05, 4.69) is 10.6 Å². The number of benzene rings is 1. The number of carbonyl (C=O) groups is 6. The van der Waals surface area contributed by atoms with Crippen LogP contribution in [0.3, 0.4) is 0 Å². The number of rotatable bonds is 19. The summed E-state index contributed by atoms with van der Waals surface area (Å²) in [5.74, 6) is -3.01. The maximum Gasteiger partial charge on any atom is 0.333 e. The lowest BCUT2D eigenvalue weighted by Gasteiger charge is -2.31. The van der Waals surface area contributed by atoms with Crippen molar-refractivity contribution in [2.75, 3.05) is 44.8 Å². The summed E-state index contributed by atoms with van der Waals surface area (Å²) in [5, 5.41) is 25.0. The van der Waals surface area contributed by atoms with Crippen LogP contribution < -0.4 is 15.4 Å². The zero-order valence-electron chi connectivity index (χ0n) is 29.3. The monoisotopic (exact) mass is 731 g/mol. The summed E-state index contributed by atoms with van der Waals surface area (Å²) in [4.78, 5) is 73.6. The van der Waals surface area contributed by atoms with Crippen molar-refractivity contribution in [1.82, 2.24) is 10.2 Å². The van der Waals surface area contributed by atoms with Gasteiger partial charge in [0.1, 0.15) is 12.4 Å². The molecule has 1 aromatic carbocycles. The molecule has 16 nitrogen and oxygen atoms in total. The zero-order chi connectivity index (χ0) is 37.3. The summed E-state index contributed by atoms with van der Waals surface area (Å²) >= 11 is 0. The Bertz CT molecular complexity index is 1410. The van der Waals surface area contributed by atoms with Crippen molar-refractivity contribution in [3.05, 3.63) is 35.9 Å². The van der Waals surface area contributed by atoms with Gasteiger partial charge in [-0.15, -0.1) is 0 Å². The number of ether oxygens (including phenoxy) is 5. The number of aliphatic hydroxyl groups excluding tert-OH is 1. The molecule has 286 valence electrons. The second kappa shape index (κ2) is 21.2. The number of hydrogen-bond donors (Lipinski definition) is 4. The number of nitrogens with one attached hydrogen (secondary N) is 2. The van der Waals surface area contributed by atoms with Crippen LogP contribution in [0.5, 0.6) is 5.75 Å². The van der Waals surface area contributed by atoms with E-state index < -0.39 is 30.4 Å². The first-order valence-corrected chi connectivity index (χ1v) is 17.9. The molecule has 0 radical (unpaired) electrons. The number of aliphatic carboxylic acids is 1. The number of esters is 1. The third kappa shape index (κ3) is 13.6. The molecule has 1 aromatic rings. The molecule has 52 heavy (non-hydrogen) atoms. The van der Waals surface area contributed by atoms with Gasteiger partial charge in [0, 0.05) is 44.4 Å². The summed E-state index contributed by atoms with van der Waals surface area (Å²) in [6.07, 6.45) is 5.94. The molecule has 0 bridgehead atoms. The molecule has 1 aliphatic carbocycles. The lowest BCUT2D eigenvalue weighted by molar-refractivity contribution is -0.195. The van der Waals surface area contributed by atoms with Crippen LogP contribution in [0, 0.1) is 5.92 Å². The minimum atomic E-state index is -1.26. The second-order valence-electron chi connectivity index (χ2n) is 12.9. The molecule has 2 fully saturated rings. The molecule has 3 unspecified atom stereocenters. The predicted molar refractivity (Wildman–Crippen MR) is 183 cm³/mol. The Labute approximate surface area is 302 Å². The molecule has 2 aliphatic heterocycles. The molecule has 3 atom stereocenters. The number of imide groups is 1. The van der Waals surface area contributed by atoms with Gasteiger partial charge in [0.15, 0.2) is 6.10 Å². The quantitative estimate of drug-likeness (QED) is 0.0913. The zero-order valence-corrected chi connectivity index (χ0v) is 29.3. The van der Waals surface area contributed by atoms with Crippen molar-refractivity contribution in [2.45, 2.75) is 95.7 Å². The van der Waals surface area contributed by atoms with Gasteiger partial charge < -0.3 is 44.5 Å². The van der Waals surface area contributed by atoms with E-state index in [0.717, 1.165) is 43.4 Å². The van der Waals surface area contributed by atoms with E-state index in [1.54, 1.807) is 18.2 Å². The van der Waals surface area contributed by atoms with Crippen LogP contribution in [0.4, 0.5) is 5.69 Å². The predicted octanol–water partition coefficient (Wildman–Crippen LogP) is 2.21. The number of carboxylic acids is 1. The molecular formula is C36H49N3O13. The van der Waals surface area contributed by atoms with Crippen LogP contribution >= 0.6 is 0 Å². The molecule has 0 spiro atoms. The van der Waals surface area contributed by atoms with Gasteiger partial charge in [-0.1, -0.05) is 38.2 Å². The first-order chi connectivity index (χ1) is 25.1. The third-order valence-corrected chi connectivity index (χ3v) is 8.82. The number of anilines is 1. The first-order valence-electron chi connectivity index (χ1n) is 17.9. The minimum absolute atomic E-state index is 0.0156. The molecule has 2 heterocycles. The highest BCUT2D eigenvalue weighted by atomic mass is 16.7. The van der Waals surface area contributed by atoms with E-state index in [1.165, 1.54) is 18.6 Å². The number of amides is 4. The first kappa shape index (κ1) is 40.4. The second-order valence-corrected chi connectivity index (χ2v) is 12.9. The standard InChI is InChI=1S/C36H49N3O13/c40-26-21-29(35(45)46)52-34(22-26)51-28-9-8-24(23-50-36(47)25-6-4-2-1-3-5-7-25)20-27(28)38-31(42)12-14-37-30(41)13-16-48-18-19-49-17-15-39-32(43)10-11-33(39)44/h8-11,20,25-26,29,34,40H,1-7,12-19,21-23H2,(H,37,41)(H,38,42)(H,45,46). The van der Waals surface area contributed by atoms with E-state index in [-0.39, 0.29) is 113 Å². The van der Waals surface area contributed by atoms with Crippen LogP contribution in [0.15, 0.2) is 30.4 Å². The van der Waals surface area contributed by atoms with Gasteiger partial charge in [-0.25, -0.2) is 4.79 Å². The lowest BCUT2D eigenvalue weighted by Crippen LogP contribution is -2.42. The summed E-state index contributed by atoms with van der Waals surface area (Å²) in [6, 6.07) is 4.80. The maximum absolute atomic E-state index is 12.9. The number of hydrogen-bond acceptors (Lipinski definition) is 12. The Morgan fingerprint density at radius 2 is 1.56 bits per heavy atom. The smallest absolute Gasteiger partial charge is 0.333 e. The number of carboxylic acid groups (broad SMARTS) is 1. The molecular weight excluding hydrogens is 682 g/mol. The van der Waals surface area contributed by atoms with Crippen LogP contribution in [-0.4, -0.2) is 109 Å². The van der Waals surface area contributed by atoms with Crippen molar-refractivity contribution in [3.63, 3.8) is 0 Å². The Morgan fingerprint density at radius 3 is 2.27 bits per heavy atom. The van der Waals surface area contributed by atoms with Crippen LogP contribution in [0.1, 0.15) is 76.2 Å². The highest BCUT2D eigenvalue weighted by Crippen LogP contribution is 2.31. The lowest BCUT2D eigenvalue weighted by atomic mass is 9.91. The van der Waals surface area contributed by atoms with E-state index >= 15 is 0 Å². The fraction of sp³-hybridized carbons (Fsp3) is 0.611. The Kier molecular flexibility index (Phi) is 16.5. The molecule has 3 aliphatic rings. The van der Waals surface area contributed by atoms with Crippen molar-refractivity contribution < 1.29 is 62.7 Å². The van der Waals surface area contributed by atoms with Gasteiger partial charge >= 0.3 is 11.9 Å². The van der Waals surface area contributed by atoms with Crippen LogP contribution in [0.2, 0.25) is 0 Å². The summed E-state index contributed by atoms with van der Waals surface area (Å²) < 4.78 is 27.8. The largest absolute Gasteiger partial charge is 0.479 e. The maximum atomic E-state index is 12.9. The average Bonchev–Trinajstić information content (AvgIpc) is 3.41. The molecule has 0 aromatic heterocycles. The van der Waals surface area contributed by atoms with Gasteiger partial charge in [-0.05, 0) is 30.5 Å². The van der Waals surface area contributed by atoms with Crippen molar-refractivity contribution in [2.24, 2.45) is 5.92 Å². The van der Waals surface area contributed by atoms with Crippen LogP contribution in [0.25, 0.3) is 0 Å². The number of aliphatic hydroxyl groups is 1. The SMILES string of the molecule is O=C(CCOCCOCCN1C(=O)C=CC1=O)NCCC(=O)Nc1cc(COC(=O)C2CCCCCCC2)ccc1OC1CC(O)CC(C(=O)O)O1. The van der Waals surface area contributed by atoms with Crippen LogP contribution in [-0.2, 0) is 54.3 Å². The van der Waals surface area contributed by atoms with E-state index in [0.29, 0.717) is 5.56 Å². The minimum Gasteiger partial charge on any atom is -0.479 e. The average molecular weight is 732 g/mol. The fourth-order valence-corrected chi connectivity index (χ4v) is 5.98. The Hall–Kier alpha value is -4.38. The van der Waals surface area contributed by atoms with Crippen molar-refractivity contribution in [3.8, 4) is 5.75 Å². The Balaban J connectivity index is 1.22. The molecule has 4 N–H and O–H groups in total. The topological polar surface area (TPSA) is 216 Å². The van der Waals surface area contributed by atoms with E-state index in [9.17, 15) is 39.0 Å². The number of nitrogens with zero attached hydrogens (tertiary/aromatic N) is 1. The van der Waals surface area contributed by atoms with E-state index in [1.807, 2.05) is 0 Å². The molecule has 1 saturated carbocycles. The van der Waals surface area contributed by atoms with Crippen molar-refractivity contribution in [1.29, 1.82) is 0 Å². The molecule has 4 rings (SSSR count). The fourth-order valence-electron chi connectivity index (χ4n) is 5.98. The normalized spacial score (nSPS) is 20.9.